The Bertz CT molecular complexity index is 740. The van der Waals surface area contributed by atoms with Crippen molar-refractivity contribution in [3.63, 3.8) is 0 Å². The summed E-state index contributed by atoms with van der Waals surface area (Å²) in [5.41, 5.74) is 2.83. The third-order valence-electron chi connectivity index (χ3n) is 3.25. The van der Waals surface area contributed by atoms with E-state index in [1.165, 1.54) is 0 Å². The molecule has 0 amide bonds. The minimum Gasteiger partial charge on any atom is -0.492 e. The predicted molar refractivity (Wildman–Crippen MR) is 83.8 cm³/mol. The van der Waals surface area contributed by atoms with Crippen molar-refractivity contribution in [3.05, 3.63) is 54.0 Å². The van der Waals surface area contributed by atoms with E-state index in [-0.39, 0.29) is 0 Å². The predicted octanol–water partition coefficient (Wildman–Crippen LogP) is 3.56. The molecule has 0 atom stereocenters. The minimum atomic E-state index is 0.362. The monoisotopic (exact) mass is 301 g/mol. The highest BCUT2D eigenvalue weighted by Crippen LogP contribution is 2.17. The van der Waals surface area contributed by atoms with E-state index in [0.29, 0.717) is 19.0 Å². The van der Waals surface area contributed by atoms with Gasteiger partial charge in [-0.1, -0.05) is 18.2 Å². The van der Waals surface area contributed by atoms with Crippen LogP contribution >= 0.6 is 11.6 Å². The standard InChI is InChI=1S/C16H16ClN3O/c1-12-9-14-16(18-11-12)20(15(10-17)19-14)7-8-21-13-5-3-2-4-6-13/h2-6,9,11H,7-8,10H2,1H3. The normalized spacial score (nSPS) is 11.0. The second-order valence-corrected chi connectivity index (χ2v) is 5.10. The van der Waals surface area contributed by atoms with Gasteiger partial charge in [0.2, 0.25) is 0 Å². The Morgan fingerprint density at radius 3 is 2.81 bits per heavy atom. The average molecular weight is 302 g/mol. The summed E-state index contributed by atoms with van der Waals surface area (Å²) < 4.78 is 7.75. The summed E-state index contributed by atoms with van der Waals surface area (Å²) in [6.07, 6.45) is 1.84. The van der Waals surface area contributed by atoms with Crippen molar-refractivity contribution in [2.24, 2.45) is 0 Å². The number of aryl methyl sites for hydroxylation is 1. The highest BCUT2D eigenvalue weighted by atomic mass is 35.5. The smallest absolute Gasteiger partial charge is 0.160 e. The van der Waals surface area contributed by atoms with E-state index in [1.54, 1.807) is 0 Å². The second kappa shape index (κ2) is 6.14. The van der Waals surface area contributed by atoms with Gasteiger partial charge in [-0.2, -0.15) is 0 Å². The van der Waals surface area contributed by atoms with Gasteiger partial charge in [0.25, 0.3) is 0 Å². The molecule has 0 bridgehead atoms. The van der Waals surface area contributed by atoms with Crippen LogP contribution in [0.5, 0.6) is 5.75 Å². The molecule has 0 radical (unpaired) electrons. The van der Waals surface area contributed by atoms with E-state index in [9.17, 15) is 0 Å². The number of benzene rings is 1. The summed E-state index contributed by atoms with van der Waals surface area (Å²) >= 11 is 5.99. The van der Waals surface area contributed by atoms with Crippen LogP contribution in [0.4, 0.5) is 0 Å². The Kier molecular flexibility index (Phi) is 4.06. The largest absolute Gasteiger partial charge is 0.492 e. The molecule has 5 heteroatoms. The van der Waals surface area contributed by atoms with Crippen molar-refractivity contribution in [1.29, 1.82) is 0 Å². The maximum Gasteiger partial charge on any atom is 0.160 e. The molecular formula is C16H16ClN3O. The number of fused-ring (bicyclic) bond motifs is 1. The summed E-state index contributed by atoms with van der Waals surface area (Å²) in [7, 11) is 0. The van der Waals surface area contributed by atoms with Crippen LogP contribution in [0.3, 0.4) is 0 Å². The van der Waals surface area contributed by atoms with E-state index in [1.807, 2.05) is 54.1 Å². The van der Waals surface area contributed by atoms with Gasteiger partial charge < -0.3 is 9.30 Å². The molecule has 0 unspecified atom stereocenters. The molecule has 0 fully saturated rings. The van der Waals surface area contributed by atoms with Crippen LogP contribution < -0.4 is 4.74 Å². The zero-order valence-electron chi connectivity index (χ0n) is 11.8. The molecule has 108 valence electrons. The van der Waals surface area contributed by atoms with Crippen molar-refractivity contribution >= 4 is 22.8 Å². The lowest BCUT2D eigenvalue weighted by Gasteiger charge is -2.09. The van der Waals surface area contributed by atoms with Crippen molar-refractivity contribution in [2.75, 3.05) is 6.61 Å². The quantitative estimate of drug-likeness (QED) is 0.677. The third-order valence-corrected chi connectivity index (χ3v) is 3.49. The lowest BCUT2D eigenvalue weighted by atomic mass is 10.3. The van der Waals surface area contributed by atoms with Crippen molar-refractivity contribution < 1.29 is 4.74 Å². The summed E-state index contributed by atoms with van der Waals surface area (Å²) in [5.74, 6) is 2.04. The lowest BCUT2D eigenvalue weighted by Crippen LogP contribution is -2.11. The first-order chi connectivity index (χ1) is 10.3. The molecule has 2 heterocycles. The Labute approximate surface area is 128 Å². The first-order valence-electron chi connectivity index (χ1n) is 6.83. The van der Waals surface area contributed by atoms with Gasteiger partial charge >= 0.3 is 0 Å². The molecule has 0 N–H and O–H groups in total. The molecule has 4 nitrogen and oxygen atoms in total. The Morgan fingerprint density at radius 1 is 1.24 bits per heavy atom. The zero-order valence-corrected chi connectivity index (χ0v) is 12.5. The topological polar surface area (TPSA) is 39.9 Å². The molecule has 3 aromatic rings. The van der Waals surface area contributed by atoms with E-state index in [4.69, 9.17) is 16.3 Å². The van der Waals surface area contributed by atoms with E-state index in [0.717, 1.165) is 28.3 Å². The van der Waals surface area contributed by atoms with Gasteiger partial charge in [0.1, 0.15) is 23.7 Å². The maximum absolute atomic E-state index is 5.99. The molecule has 0 aliphatic carbocycles. The minimum absolute atomic E-state index is 0.362. The number of nitrogens with zero attached hydrogens (tertiary/aromatic N) is 3. The number of hydrogen-bond donors (Lipinski definition) is 0. The fourth-order valence-electron chi connectivity index (χ4n) is 2.27. The lowest BCUT2D eigenvalue weighted by molar-refractivity contribution is 0.298. The molecule has 2 aromatic heterocycles. The number of halogens is 1. The van der Waals surface area contributed by atoms with Gasteiger partial charge in [0, 0.05) is 6.20 Å². The molecule has 3 rings (SSSR count). The highest BCUT2D eigenvalue weighted by molar-refractivity contribution is 6.16. The highest BCUT2D eigenvalue weighted by Gasteiger charge is 2.11. The van der Waals surface area contributed by atoms with Crippen LogP contribution in [-0.4, -0.2) is 21.1 Å². The number of alkyl halides is 1. The molecule has 0 aliphatic rings. The Hall–Kier alpha value is -2.07. The number of hydrogen-bond acceptors (Lipinski definition) is 3. The summed E-state index contributed by atoms with van der Waals surface area (Å²) in [4.78, 5) is 8.99. The number of imidazole rings is 1. The Balaban J connectivity index is 1.79. The van der Waals surface area contributed by atoms with Gasteiger partial charge in [-0.3, -0.25) is 0 Å². The zero-order chi connectivity index (χ0) is 14.7. The summed E-state index contributed by atoms with van der Waals surface area (Å²) in [5, 5.41) is 0. The Morgan fingerprint density at radius 2 is 2.05 bits per heavy atom. The first kappa shape index (κ1) is 13.9. The SMILES string of the molecule is Cc1cnc2c(c1)nc(CCl)n2CCOc1ccccc1. The van der Waals surface area contributed by atoms with Crippen LogP contribution in [0.25, 0.3) is 11.2 Å². The second-order valence-electron chi connectivity index (χ2n) is 4.83. The van der Waals surface area contributed by atoms with Gasteiger partial charge in [0.05, 0.1) is 12.4 Å². The summed E-state index contributed by atoms with van der Waals surface area (Å²) in [6, 6.07) is 11.8. The molecule has 21 heavy (non-hydrogen) atoms. The number of para-hydroxylation sites is 1. The van der Waals surface area contributed by atoms with Crippen molar-refractivity contribution in [2.45, 2.75) is 19.3 Å². The molecule has 0 saturated carbocycles. The van der Waals surface area contributed by atoms with Crippen LogP contribution in [0.1, 0.15) is 11.4 Å². The van der Waals surface area contributed by atoms with E-state index in [2.05, 4.69) is 9.97 Å². The maximum atomic E-state index is 5.99. The first-order valence-corrected chi connectivity index (χ1v) is 7.37. The van der Waals surface area contributed by atoms with Gasteiger partial charge in [-0.05, 0) is 30.7 Å². The van der Waals surface area contributed by atoms with Crippen LogP contribution in [0.2, 0.25) is 0 Å². The molecule has 0 spiro atoms. The van der Waals surface area contributed by atoms with Gasteiger partial charge in [0.15, 0.2) is 5.65 Å². The van der Waals surface area contributed by atoms with Crippen LogP contribution in [0, 0.1) is 6.92 Å². The average Bonchev–Trinajstić information content (AvgIpc) is 2.85. The number of aromatic nitrogens is 3. The third kappa shape index (κ3) is 3.00. The number of rotatable bonds is 5. The fraction of sp³-hybridized carbons (Fsp3) is 0.250. The number of pyridine rings is 1. The van der Waals surface area contributed by atoms with Crippen molar-refractivity contribution in [3.8, 4) is 5.75 Å². The summed E-state index contributed by atoms with van der Waals surface area (Å²) in [6.45, 7) is 3.22. The van der Waals surface area contributed by atoms with Crippen LogP contribution in [0.15, 0.2) is 42.6 Å². The van der Waals surface area contributed by atoms with E-state index < -0.39 is 0 Å². The molecular weight excluding hydrogens is 286 g/mol. The fourth-order valence-corrected chi connectivity index (χ4v) is 2.47. The molecule has 0 saturated heterocycles. The molecule has 0 aliphatic heterocycles. The van der Waals surface area contributed by atoms with Crippen molar-refractivity contribution in [1.82, 2.24) is 14.5 Å². The molecule has 1 aromatic carbocycles. The van der Waals surface area contributed by atoms with Crippen LogP contribution in [-0.2, 0) is 12.4 Å². The van der Waals surface area contributed by atoms with Gasteiger partial charge in [-0.25, -0.2) is 9.97 Å². The van der Waals surface area contributed by atoms with Gasteiger partial charge in [-0.15, -0.1) is 11.6 Å². The van der Waals surface area contributed by atoms with E-state index >= 15 is 0 Å². The number of ether oxygens (including phenoxy) is 1.